The molecule has 3 amide bonds. The van der Waals surface area contributed by atoms with Crippen LogP contribution in [0.25, 0.3) is 10.8 Å². The molecule has 32 heavy (non-hydrogen) atoms. The first kappa shape index (κ1) is 27.1. The van der Waals surface area contributed by atoms with Crippen molar-refractivity contribution in [1.29, 1.82) is 0 Å². The molecule has 0 saturated heterocycles. The number of carbonyl (C=O) groups excluding carboxylic acids is 3. The molecule has 4 N–H and O–H groups in total. The first-order chi connectivity index (χ1) is 15.1. The minimum absolute atomic E-state index is 0.195. The number of rotatable bonds is 7. The fourth-order valence-corrected chi connectivity index (χ4v) is 3.26. The molecule has 0 spiro atoms. The summed E-state index contributed by atoms with van der Waals surface area (Å²) in [5, 5.41) is 16.4. The van der Waals surface area contributed by atoms with Crippen LogP contribution in [-0.2, 0) is 25.5 Å². The van der Waals surface area contributed by atoms with Gasteiger partial charge in [-0.15, -0.1) is 0 Å². The van der Waals surface area contributed by atoms with E-state index in [9.17, 15) is 14.4 Å². The summed E-state index contributed by atoms with van der Waals surface area (Å²) in [6.07, 6.45) is 0.106. The van der Waals surface area contributed by atoms with Gasteiger partial charge in [-0.05, 0) is 28.2 Å². The summed E-state index contributed by atoms with van der Waals surface area (Å²) in [5.74, 6) is -2.11. The number of hydroxylamine groups is 1. The van der Waals surface area contributed by atoms with Gasteiger partial charge in [-0.1, -0.05) is 63.2 Å². The van der Waals surface area contributed by atoms with Gasteiger partial charge in [0.15, 0.2) is 0 Å². The van der Waals surface area contributed by atoms with Crippen molar-refractivity contribution in [3.05, 3.63) is 48.0 Å². The minimum atomic E-state index is -0.753. The molecule has 8 heteroatoms. The van der Waals surface area contributed by atoms with Crippen molar-refractivity contribution in [2.45, 2.75) is 39.7 Å². The Balaban J connectivity index is 0.00000161. The number of benzene rings is 2. The average Bonchev–Trinajstić information content (AvgIpc) is 2.75. The Morgan fingerprint density at radius 3 is 2.12 bits per heavy atom. The van der Waals surface area contributed by atoms with E-state index in [0.29, 0.717) is 6.42 Å². The summed E-state index contributed by atoms with van der Waals surface area (Å²) in [6, 6.07) is 13.0. The fourth-order valence-electron chi connectivity index (χ4n) is 3.26. The molecular formula is C24H35N3O5. The van der Waals surface area contributed by atoms with E-state index in [4.69, 9.17) is 5.21 Å². The van der Waals surface area contributed by atoms with Crippen molar-refractivity contribution in [1.82, 2.24) is 16.1 Å². The van der Waals surface area contributed by atoms with Gasteiger partial charge >= 0.3 is 0 Å². The molecule has 0 saturated carbocycles. The van der Waals surface area contributed by atoms with Crippen LogP contribution in [0.15, 0.2) is 42.5 Å². The molecule has 2 rings (SSSR count). The van der Waals surface area contributed by atoms with Gasteiger partial charge in [0.25, 0.3) is 0 Å². The maximum Gasteiger partial charge on any atom is 0.244 e. The summed E-state index contributed by atoms with van der Waals surface area (Å²) in [4.78, 5) is 37.0. The lowest BCUT2D eigenvalue weighted by molar-refractivity contribution is -0.137. The first-order valence-corrected chi connectivity index (χ1v) is 10.4. The van der Waals surface area contributed by atoms with E-state index in [-0.39, 0.29) is 12.3 Å². The SMILES string of the molecule is CNC(=O)C(NC(=O)C(CC(=O)NO)Cc1ccc2ccccc2c1)C(C)(C)C.COC. The Morgan fingerprint density at radius 2 is 1.59 bits per heavy atom. The van der Waals surface area contributed by atoms with E-state index in [1.165, 1.54) is 7.05 Å². The van der Waals surface area contributed by atoms with Gasteiger partial charge in [0.05, 0.1) is 5.92 Å². The number of likely N-dealkylation sites (N-methyl/N-ethyl adjacent to an activating group) is 1. The molecule has 0 aliphatic carbocycles. The Bertz CT molecular complexity index is 908. The van der Waals surface area contributed by atoms with Crippen molar-refractivity contribution in [2.75, 3.05) is 21.3 Å². The van der Waals surface area contributed by atoms with Crippen molar-refractivity contribution in [2.24, 2.45) is 11.3 Å². The topological polar surface area (TPSA) is 117 Å². The summed E-state index contributed by atoms with van der Waals surface area (Å²) in [7, 11) is 4.76. The van der Waals surface area contributed by atoms with Crippen LogP contribution in [-0.4, -0.2) is 50.2 Å². The first-order valence-electron chi connectivity index (χ1n) is 10.4. The van der Waals surface area contributed by atoms with Gasteiger partial charge in [-0.3, -0.25) is 19.6 Å². The van der Waals surface area contributed by atoms with Gasteiger partial charge < -0.3 is 15.4 Å². The highest BCUT2D eigenvalue weighted by Gasteiger charge is 2.34. The number of amides is 3. The van der Waals surface area contributed by atoms with Crippen LogP contribution in [0.2, 0.25) is 0 Å². The number of nitrogens with one attached hydrogen (secondary N) is 3. The predicted molar refractivity (Wildman–Crippen MR) is 124 cm³/mol. The highest BCUT2D eigenvalue weighted by molar-refractivity contribution is 5.91. The summed E-state index contributed by atoms with van der Waals surface area (Å²) >= 11 is 0. The van der Waals surface area contributed by atoms with E-state index < -0.39 is 29.2 Å². The van der Waals surface area contributed by atoms with Crippen LogP contribution in [0.5, 0.6) is 0 Å². The van der Waals surface area contributed by atoms with Gasteiger partial charge in [0.1, 0.15) is 6.04 Å². The van der Waals surface area contributed by atoms with E-state index in [0.717, 1.165) is 16.3 Å². The molecule has 0 bridgehead atoms. The molecule has 2 atom stereocenters. The zero-order valence-electron chi connectivity index (χ0n) is 19.7. The van der Waals surface area contributed by atoms with Crippen LogP contribution in [0.1, 0.15) is 32.8 Å². The third kappa shape index (κ3) is 8.28. The van der Waals surface area contributed by atoms with Crippen molar-refractivity contribution < 1.29 is 24.3 Å². The van der Waals surface area contributed by atoms with Crippen LogP contribution in [0, 0.1) is 11.3 Å². The second kappa shape index (κ2) is 12.8. The molecule has 2 aromatic carbocycles. The zero-order valence-corrected chi connectivity index (χ0v) is 19.7. The van der Waals surface area contributed by atoms with E-state index in [1.54, 1.807) is 19.7 Å². The quantitative estimate of drug-likeness (QED) is 0.386. The molecule has 0 aromatic heterocycles. The second-order valence-corrected chi connectivity index (χ2v) is 8.65. The second-order valence-electron chi connectivity index (χ2n) is 8.65. The minimum Gasteiger partial charge on any atom is -0.388 e. The van der Waals surface area contributed by atoms with E-state index >= 15 is 0 Å². The van der Waals surface area contributed by atoms with Crippen molar-refractivity contribution >= 4 is 28.5 Å². The Morgan fingerprint density at radius 1 is 1.00 bits per heavy atom. The van der Waals surface area contributed by atoms with Crippen molar-refractivity contribution in [3.63, 3.8) is 0 Å². The maximum atomic E-state index is 13.0. The Kier molecular flexibility index (Phi) is 10.8. The fraction of sp³-hybridized carbons (Fsp3) is 0.458. The maximum absolute atomic E-state index is 13.0. The van der Waals surface area contributed by atoms with E-state index in [2.05, 4.69) is 15.4 Å². The highest BCUT2D eigenvalue weighted by atomic mass is 16.5. The monoisotopic (exact) mass is 445 g/mol. The molecule has 0 aliphatic rings. The molecule has 0 fully saturated rings. The number of methoxy groups -OCH3 is 1. The smallest absolute Gasteiger partial charge is 0.244 e. The van der Waals surface area contributed by atoms with Gasteiger partial charge in [0, 0.05) is 27.7 Å². The van der Waals surface area contributed by atoms with Crippen LogP contribution in [0.4, 0.5) is 0 Å². The molecule has 176 valence electrons. The summed E-state index contributed by atoms with van der Waals surface area (Å²) in [5.41, 5.74) is 1.96. The highest BCUT2D eigenvalue weighted by Crippen LogP contribution is 2.22. The lowest BCUT2D eigenvalue weighted by Crippen LogP contribution is -2.54. The molecule has 8 nitrogen and oxygen atoms in total. The average molecular weight is 446 g/mol. The number of ether oxygens (including phenoxy) is 1. The van der Waals surface area contributed by atoms with Crippen LogP contribution in [0.3, 0.4) is 0 Å². The zero-order chi connectivity index (χ0) is 24.3. The van der Waals surface area contributed by atoms with Crippen molar-refractivity contribution in [3.8, 4) is 0 Å². The number of carbonyl (C=O) groups is 3. The summed E-state index contributed by atoms with van der Waals surface area (Å²) < 4.78 is 4.25. The largest absolute Gasteiger partial charge is 0.388 e. The number of hydrogen-bond acceptors (Lipinski definition) is 5. The van der Waals surface area contributed by atoms with Gasteiger partial charge in [-0.2, -0.15) is 0 Å². The Labute approximate surface area is 189 Å². The standard InChI is InChI=1S/C22H29N3O4.C2H6O/c1-22(2,3)19(21(28)23-4)24-20(27)17(13-18(26)25-29)12-14-9-10-15-7-5-6-8-16(15)11-14;1-3-2/h5-11,17,19,29H,12-13H2,1-4H3,(H,23,28)(H,24,27)(H,25,26);1-2H3. The lowest BCUT2D eigenvalue weighted by atomic mass is 9.85. The molecule has 0 heterocycles. The lowest BCUT2D eigenvalue weighted by Gasteiger charge is -2.31. The van der Waals surface area contributed by atoms with Gasteiger partial charge in [0.2, 0.25) is 17.7 Å². The third-order valence-corrected chi connectivity index (χ3v) is 4.88. The predicted octanol–water partition coefficient (Wildman–Crippen LogP) is 2.43. The molecule has 2 unspecified atom stereocenters. The normalized spacial score (nSPS) is 12.7. The molecule has 0 radical (unpaired) electrons. The van der Waals surface area contributed by atoms with Crippen LogP contribution < -0.4 is 16.1 Å². The van der Waals surface area contributed by atoms with E-state index in [1.807, 2.05) is 63.2 Å². The third-order valence-electron chi connectivity index (χ3n) is 4.88. The Hall–Kier alpha value is -2.97. The molecular weight excluding hydrogens is 410 g/mol. The molecule has 2 aromatic rings. The number of fused-ring (bicyclic) bond motifs is 1. The number of hydrogen-bond donors (Lipinski definition) is 4. The van der Waals surface area contributed by atoms with Crippen LogP contribution >= 0.6 is 0 Å². The summed E-state index contributed by atoms with van der Waals surface area (Å²) in [6.45, 7) is 5.56. The molecule has 0 aliphatic heterocycles. The van der Waals surface area contributed by atoms with Gasteiger partial charge in [-0.25, -0.2) is 5.48 Å².